The Kier molecular flexibility index (Phi) is 5.08. The monoisotopic (exact) mass is 313 g/mol. The van der Waals surface area contributed by atoms with E-state index in [9.17, 15) is 34.9 Å². The van der Waals surface area contributed by atoms with Gasteiger partial charge in [0.25, 0.3) is 17.3 Å². The average molecular weight is 313 g/mol. The molecule has 0 bridgehead atoms. The molecule has 0 heterocycles. The number of aliphatic hydroxyl groups is 1. The molecule has 0 aliphatic carbocycles. The quantitative estimate of drug-likeness (QED) is 0.488. The summed E-state index contributed by atoms with van der Waals surface area (Å²) in [4.78, 5) is 42.3. The molecule has 22 heavy (non-hydrogen) atoms. The molecule has 1 rings (SSSR count). The van der Waals surface area contributed by atoms with Gasteiger partial charge >= 0.3 is 5.97 Å². The maximum atomic E-state index is 11.9. The van der Waals surface area contributed by atoms with Crippen LogP contribution >= 0.6 is 0 Å². The van der Waals surface area contributed by atoms with Crippen molar-refractivity contribution in [2.75, 3.05) is 0 Å². The second-order valence-electron chi connectivity index (χ2n) is 4.28. The molecule has 0 fully saturated rings. The first-order chi connectivity index (χ1) is 10.1. The van der Waals surface area contributed by atoms with Gasteiger partial charge in [-0.15, -0.1) is 0 Å². The first-order valence-electron chi connectivity index (χ1n) is 5.79. The Balaban J connectivity index is 3.19. The van der Waals surface area contributed by atoms with Gasteiger partial charge in [0.05, 0.1) is 27.6 Å². The van der Waals surface area contributed by atoms with Gasteiger partial charge in [-0.25, -0.2) is 4.79 Å². The minimum Gasteiger partial charge on any atom is -0.480 e. The molecule has 1 amide bonds. The molecule has 0 unspecified atom stereocenters. The van der Waals surface area contributed by atoms with Crippen molar-refractivity contribution in [3.05, 3.63) is 44.0 Å². The number of nitrogens with one attached hydrogen (secondary N) is 1. The van der Waals surface area contributed by atoms with Crippen molar-refractivity contribution in [2.24, 2.45) is 0 Å². The highest BCUT2D eigenvalue weighted by Gasteiger charge is 2.27. The largest absolute Gasteiger partial charge is 0.480 e. The van der Waals surface area contributed by atoms with Crippen LogP contribution in [-0.4, -0.2) is 44.1 Å². The number of aliphatic carboxylic acids is 1. The normalized spacial score (nSPS) is 13.0. The van der Waals surface area contributed by atoms with Crippen LogP contribution in [0.15, 0.2) is 18.2 Å². The number of hydrogen-bond acceptors (Lipinski definition) is 7. The van der Waals surface area contributed by atoms with Gasteiger partial charge in [0.15, 0.2) is 6.04 Å². The number of hydrogen-bond donors (Lipinski definition) is 3. The number of nitro groups is 2. The number of carboxylic acids is 1. The zero-order valence-corrected chi connectivity index (χ0v) is 11.1. The maximum Gasteiger partial charge on any atom is 0.328 e. The van der Waals surface area contributed by atoms with E-state index in [1.807, 2.05) is 5.32 Å². The molecule has 0 aliphatic rings. The Morgan fingerprint density at radius 3 is 1.91 bits per heavy atom. The Hall–Kier alpha value is -3.08. The van der Waals surface area contributed by atoms with E-state index in [1.165, 1.54) is 0 Å². The Bertz CT molecular complexity index is 610. The number of carbonyl (C=O) groups excluding carboxylic acids is 1. The molecule has 11 heteroatoms. The highest BCUT2D eigenvalue weighted by molar-refractivity contribution is 5.97. The summed E-state index contributed by atoms with van der Waals surface area (Å²) in [5.74, 6) is -2.62. The van der Waals surface area contributed by atoms with E-state index in [0.717, 1.165) is 19.1 Å². The topological polar surface area (TPSA) is 173 Å². The molecule has 118 valence electrons. The third kappa shape index (κ3) is 3.96. The number of amides is 1. The molecule has 0 aromatic heterocycles. The molecule has 1 aromatic carbocycles. The highest BCUT2D eigenvalue weighted by atomic mass is 16.6. The van der Waals surface area contributed by atoms with E-state index in [0.29, 0.717) is 6.07 Å². The summed E-state index contributed by atoms with van der Waals surface area (Å²) in [6, 6.07) is 0.540. The van der Waals surface area contributed by atoms with Crippen molar-refractivity contribution in [2.45, 2.75) is 19.1 Å². The average Bonchev–Trinajstić information content (AvgIpc) is 2.42. The zero-order chi connectivity index (χ0) is 17.0. The maximum absolute atomic E-state index is 11.9. The van der Waals surface area contributed by atoms with Crippen molar-refractivity contribution in [1.82, 2.24) is 5.32 Å². The van der Waals surface area contributed by atoms with E-state index in [2.05, 4.69) is 0 Å². The molecule has 2 atom stereocenters. The van der Waals surface area contributed by atoms with Crippen molar-refractivity contribution in [1.29, 1.82) is 0 Å². The smallest absolute Gasteiger partial charge is 0.328 e. The van der Waals surface area contributed by atoms with Crippen molar-refractivity contribution >= 4 is 23.3 Å². The van der Waals surface area contributed by atoms with Crippen LogP contribution in [0.5, 0.6) is 0 Å². The Labute approximate surface area is 122 Å². The van der Waals surface area contributed by atoms with Crippen LogP contribution in [0, 0.1) is 20.2 Å². The fourth-order valence-electron chi connectivity index (χ4n) is 1.55. The summed E-state index contributed by atoms with van der Waals surface area (Å²) in [7, 11) is 0. The standard InChI is InChI=1S/C11H11N3O8/c1-5(15)9(11(17)18)12-10(16)6-2-7(13(19)20)4-8(3-6)14(21)22/h2-5,9,15H,1H3,(H,12,16)(H,17,18)/t5-,9+/m1/s1. The van der Waals surface area contributed by atoms with Gasteiger partial charge in [-0.05, 0) is 6.92 Å². The second kappa shape index (κ2) is 6.58. The van der Waals surface area contributed by atoms with Gasteiger partial charge in [-0.3, -0.25) is 25.0 Å². The number of nitro benzene ring substituents is 2. The summed E-state index contributed by atoms with van der Waals surface area (Å²) in [5.41, 5.74) is -1.85. The third-order valence-electron chi connectivity index (χ3n) is 2.62. The molecule has 3 N–H and O–H groups in total. The first-order valence-corrected chi connectivity index (χ1v) is 5.79. The van der Waals surface area contributed by atoms with Crippen LogP contribution in [0.2, 0.25) is 0 Å². The highest BCUT2D eigenvalue weighted by Crippen LogP contribution is 2.22. The molecule has 1 aromatic rings. The summed E-state index contributed by atoms with van der Waals surface area (Å²) in [6.45, 7) is 1.12. The van der Waals surface area contributed by atoms with Crippen molar-refractivity contribution in [3.63, 3.8) is 0 Å². The molecular formula is C11H11N3O8. The number of rotatable bonds is 6. The van der Waals surface area contributed by atoms with Gasteiger partial charge in [0.2, 0.25) is 0 Å². The van der Waals surface area contributed by atoms with E-state index >= 15 is 0 Å². The SMILES string of the molecule is C[C@@H](O)[C@H](NC(=O)c1cc([N+](=O)[O-])cc([N+](=O)[O-])c1)C(=O)O. The molecule has 11 nitrogen and oxygen atoms in total. The Morgan fingerprint density at radius 1 is 1.14 bits per heavy atom. The first kappa shape index (κ1) is 17.0. The number of aliphatic hydroxyl groups excluding tert-OH is 1. The van der Waals surface area contributed by atoms with Crippen LogP contribution in [0.25, 0.3) is 0 Å². The number of non-ortho nitro benzene ring substituents is 2. The molecule has 0 saturated heterocycles. The Morgan fingerprint density at radius 2 is 1.59 bits per heavy atom. The molecule has 0 spiro atoms. The van der Waals surface area contributed by atoms with Gasteiger partial charge in [0, 0.05) is 12.1 Å². The predicted octanol–water partition coefficient (Wildman–Crippen LogP) is 0.0668. The lowest BCUT2D eigenvalue weighted by molar-refractivity contribution is -0.394. The fourth-order valence-corrected chi connectivity index (χ4v) is 1.55. The molecule has 0 aliphatic heterocycles. The summed E-state index contributed by atoms with van der Waals surface area (Å²) >= 11 is 0. The summed E-state index contributed by atoms with van der Waals surface area (Å²) in [6.07, 6.45) is -1.44. The zero-order valence-electron chi connectivity index (χ0n) is 11.1. The lowest BCUT2D eigenvalue weighted by Crippen LogP contribution is -2.47. The second-order valence-corrected chi connectivity index (χ2v) is 4.28. The van der Waals surface area contributed by atoms with Gasteiger partial charge in [-0.1, -0.05) is 0 Å². The third-order valence-corrected chi connectivity index (χ3v) is 2.62. The van der Waals surface area contributed by atoms with Gasteiger partial charge in [0.1, 0.15) is 0 Å². The lowest BCUT2D eigenvalue weighted by atomic mass is 10.1. The molecular weight excluding hydrogens is 302 g/mol. The molecule has 0 saturated carbocycles. The number of nitrogens with zero attached hydrogens (tertiary/aromatic N) is 2. The van der Waals surface area contributed by atoms with E-state index in [4.69, 9.17) is 5.11 Å². The van der Waals surface area contributed by atoms with Crippen molar-refractivity contribution in [3.8, 4) is 0 Å². The number of carboxylic acid groups (broad SMARTS) is 1. The lowest BCUT2D eigenvalue weighted by Gasteiger charge is -2.16. The van der Waals surface area contributed by atoms with E-state index in [-0.39, 0.29) is 0 Å². The summed E-state index contributed by atoms with van der Waals surface area (Å²) < 4.78 is 0. The van der Waals surface area contributed by atoms with Crippen LogP contribution in [0.3, 0.4) is 0 Å². The van der Waals surface area contributed by atoms with Crippen LogP contribution in [0.4, 0.5) is 11.4 Å². The fraction of sp³-hybridized carbons (Fsp3) is 0.273. The van der Waals surface area contributed by atoms with Crippen LogP contribution < -0.4 is 5.32 Å². The number of carbonyl (C=O) groups is 2. The minimum absolute atomic E-state index is 0.465. The van der Waals surface area contributed by atoms with Gasteiger partial charge < -0.3 is 15.5 Å². The van der Waals surface area contributed by atoms with Crippen LogP contribution in [-0.2, 0) is 4.79 Å². The van der Waals surface area contributed by atoms with Crippen molar-refractivity contribution < 1.29 is 29.6 Å². The van der Waals surface area contributed by atoms with E-state index < -0.39 is 50.8 Å². The predicted molar refractivity (Wildman–Crippen MR) is 70.3 cm³/mol. The minimum atomic E-state index is -1.66. The van der Waals surface area contributed by atoms with E-state index in [1.54, 1.807) is 0 Å². The summed E-state index contributed by atoms with van der Waals surface area (Å²) in [5, 5.41) is 41.4. The van der Waals surface area contributed by atoms with Gasteiger partial charge in [-0.2, -0.15) is 0 Å². The van der Waals surface area contributed by atoms with Crippen LogP contribution in [0.1, 0.15) is 17.3 Å². The molecule has 0 radical (unpaired) electrons. The number of benzene rings is 1.